The molecular formula is C19H16FN3O2S. The van der Waals surface area contributed by atoms with Gasteiger partial charge in [-0.1, -0.05) is 48.5 Å². The maximum Gasteiger partial charge on any atom is 0.271 e. The van der Waals surface area contributed by atoms with Gasteiger partial charge in [0.1, 0.15) is 11.5 Å². The van der Waals surface area contributed by atoms with Gasteiger partial charge in [0, 0.05) is 17.5 Å². The second-order valence-electron chi connectivity index (χ2n) is 5.52. The molecule has 7 heteroatoms. The Bertz CT molecular complexity index is 912. The molecule has 2 N–H and O–H groups in total. The second-order valence-corrected chi connectivity index (χ2v) is 6.38. The van der Waals surface area contributed by atoms with Crippen LogP contribution in [0.3, 0.4) is 0 Å². The molecule has 3 aromatic rings. The van der Waals surface area contributed by atoms with Crippen molar-refractivity contribution in [2.45, 2.75) is 13.0 Å². The molecule has 1 heterocycles. The molecule has 0 unspecified atom stereocenters. The van der Waals surface area contributed by atoms with Crippen LogP contribution in [0.25, 0.3) is 0 Å². The van der Waals surface area contributed by atoms with E-state index in [4.69, 9.17) is 0 Å². The van der Waals surface area contributed by atoms with E-state index >= 15 is 0 Å². The number of carbonyl (C=O) groups is 2. The third kappa shape index (κ3) is 4.73. The highest BCUT2D eigenvalue weighted by molar-refractivity contribution is 7.14. The van der Waals surface area contributed by atoms with E-state index in [0.29, 0.717) is 10.7 Å². The van der Waals surface area contributed by atoms with Crippen LogP contribution in [0.1, 0.15) is 21.6 Å². The monoisotopic (exact) mass is 369 g/mol. The van der Waals surface area contributed by atoms with Gasteiger partial charge in [-0.05, 0) is 11.6 Å². The number of benzene rings is 2. The van der Waals surface area contributed by atoms with Crippen LogP contribution in [-0.4, -0.2) is 16.8 Å². The fraction of sp³-hybridized carbons (Fsp3) is 0.105. The fourth-order valence-corrected chi connectivity index (χ4v) is 2.99. The molecule has 26 heavy (non-hydrogen) atoms. The highest BCUT2D eigenvalue weighted by Crippen LogP contribution is 2.16. The van der Waals surface area contributed by atoms with Gasteiger partial charge < -0.3 is 10.6 Å². The number of hydrogen-bond acceptors (Lipinski definition) is 4. The lowest BCUT2D eigenvalue weighted by Gasteiger charge is -2.04. The molecule has 0 aliphatic heterocycles. The lowest BCUT2D eigenvalue weighted by Crippen LogP contribution is -2.23. The molecule has 0 saturated heterocycles. The smallest absolute Gasteiger partial charge is 0.271 e. The van der Waals surface area contributed by atoms with Gasteiger partial charge in [0.2, 0.25) is 5.91 Å². The van der Waals surface area contributed by atoms with Crippen LogP contribution >= 0.6 is 11.3 Å². The van der Waals surface area contributed by atoms with Crippen LogP contribution in [0.2, 0.25) is 0 Å². The molecule has 0 aliphatic rings. The first-order valence-corrected chi connectivity index (χ1v) is 8.80. The topological polar surface area (TPSA) is 71.1 Å². The maximum absolute atomic E-state index is 13.6. The molecule has 3 rings (SSSR count). The Morgan fingerprint density at radius 1 is 1.04 bits per heavy atom. The van der Waals surface area contributed by atoms with Gasteiger partial charge in [-0.2, -0.15) is 0 Å². The van der Waals surface area contributed by atoms with Crippen molar-refractivity contribution in [3.05, 3.63) is 82.6 Å². The summed E-state index contributed by atoms with van der Waals surface area (Å²) >= 11 is 1.16. The van der Waals surface area contributed by atoms with E-state index in [2.05, 4.69) is 15.6 Å². The van der Waals surface area contributed by atoms with E-state index in [9.17, 15) is 14.0 Å². The van der Waals surface area contributed by atoms with Crippen LogP contribution in [0.15, 0.2) is 60.0 Å². The third-order valence-corrected chi connectivity index (χ3v) is 4.35. The van der Waals surface area contributed by atoms with Crippen molar-refractivity contribution < 1.29 is 14.0 Å². The quantitative estimate of drug-likeness (QED) is 0.700. The first-order valence-electron chi connectivity index (χ1n) is 7.93. The molecule has 0 saturated carbocycles. The highest BCUT2D eigenvalue weighted by Gasteiger charge is 2.13. The van der Waals surface area contributed by atoms with E-state index in [-0.39, 0.29) is 30.4 Å². The largest absolute Gasteiger partial charge is 0.346 e. The van der Waals surface area contributed by atoms with Crippen molar-refractivity contribution in [3.8, 4) is 0 Å². The molecule has 2 aromatic carbocycles. The van der Waals surface area contributed by atoms with Gasteiger partial charge >= 0.3 is 0 Å². The van der Waals surface area contributed by atoms with Crippen molar-refractivity contribution in [3.63, 3.8) is 0 Å². The molecule has 5 nitrogen and oxygen atoms in total. The number of anilines is 1. The number of aromatic nitrogens is 1. The number of rotatable bonds is 6. The molecule has 132 valence electrons. The standard InChI is InChI=1S/C19H16FN3O2S/c20-15-9-5-4-8-14(15)11-21-18(25)16-12-26-19(22-16)23-17(24)10-13-6-2-1-3-7-13/h1-9,12H,10-11H2,(H,21,25)(H,22,23,24). The Labute approximate surface area is 153 Å². The first-order chi connectivity index (χ1) is 12.6. The summed E-state index contributed by atoms with van der Waals surface area (Å²) in [6, 6.07) is 15.6. The van der Waals surface area contributed by atoms with Crippen LogP contribution in [0, 0.1) is 5.82 Å². The van der Waals surface area contributed by atoms with Crippen molar-refractivity contribution in [2.24, 2.45) is 0 Å². The Morgan fingerprint density at radius 2 is 1.77 bits per heavy atom. The predicted molar refractivity (Wildman–Crippen MR) is 98.5 cm³/mol. The Balaban J connectivity index is 1.54. The average Bonchev–Trinajstić information content (AvgIpc) is 3.10. The van der Waals surface area contributed by atoms with Crippen LogP contribution in [0.4, 0.5) is 9.52 Å². The Kier molecular flexibility index (Phi) is 5.70. The summed E-state index contributed by atoms with van der Waals surface area (Å²) in [6.07, 6.45) is 0.231. The number of hydrogen-bond donors (Lipinski definition) is 2. The van der Waals surface area contributed by atoms with Crippen molar-refractivity contribution in [2.75, 3.05) is 5.32 Å². The fourth-order valence-electron chi connectivity index (χ4n) is 2.29. The van der Waals surface area contributed by atoms with Crippen LogP contribution in [0.5, 0.6) is 0 Å². The maximum atomic E-state index is 13.6. The zero-order chi connectivity index (χ0) is 18.4. The van der Waals surface area contributed by atoms with E-state index < -0.39 is 5.91 Å². The summed E-state index contributed by atoms with van der Waals surface area (Å²) in [4.78, 5) is 28.2. The van der Waals surface area contributed by atoms with Crippen molar-refractivity contribution >= 4 is 28.3 Å². The van der Waals surface area contributed by atoms with Gasteiger partial charge in [-0.15, -0.1) is 11.3 Å². The normalized spacial score (nSPS) is 10.3. The summed E-state index contributed by atoms with van der Waals surface area (Å²) in [7, 11) is 0. The molecular weight excluding hydrogens is 353 g/mol. The molecule has 1 aromatic heterocycles. The second kappa shape index (κ2) is 8.35. The van der Waals surface area contributed by atoms with Crippen LogP contribution in [-0.2, 0) is 17.8 Å². The summed E-state index contributed by atoms with van der Waals surface area (Å²) in [5.74, 6) is -1.00. The minimum Gasteiger partial charge on any atom is -0.346 e. The molecule has 0 atom stereocenters. The van der Waals surface area contributed by atoms with E-state index in [1.54, 1.807) is 23.6 Å². The minimum atomic E-state index is -0.423. The minimum absolute atomic E-state index is 0.0682. The lowest BCUT2D eigenvalue weighted by molar-refractivity contribution is -0.115. The summed E-state index contributed by atoms with van der Waals surface area (Å²) in [6.45, 7) is 0.0682. The van der Waals surface area contributed by atoms with Crippen LogP contribution < -0.4 is 10.6 Å². The molecule has 0 aliphatic carbocycles. The van der Waals surface area contributed by atoms with Crippen molar-refractivity contribution in [1.82, 2.24) is 10.3 Å². The summed E-state index contributed by atoms with van der Waals surface area (Å²) < 4.78 is 13.6. The zero-order valence-electron chi connectivity index (χ0n) is 13.7. The van der Waals surface area contributed by atoms with Gasteiger partial charge in [0.15, 0.2) is 5.13 Å². The number of halogens is 1. The van der Waals surface area contributed by atoms with Crippen molar-refractivity contribution in [1.29, 1.82) is 0 Å². The Hall–Kier alpha value is -3.06. The summed E-state index contributed by atoms with van der Waals surface area (Å²) in [5, 5.41) is 7.19. The van der Waals surface area contributed by atoms with Gasteiger partial charge in [-0.25, -0.2) is 9.37 Å². The number of nitrogens with zero attached hydrogens (tertiary/aromatic N) is 1. The van der Waals surface area contributed by atoms with E-state index in [0.717, 1.165) is 16.9 Å². The molecule has 0 bridgehead atoms. The molecule has 0 fully saturated rings. The average molecular weight is 369 g/mol. The first kappa shape index (κ1) is 17.8. The third-order valence-electron chi connectivity index (χ3n) is 3.59. The summed E-state index contributed by atoms with van der Waals surface area (Å²) in [5.41, 5.74) is 1.47. The van der Waals surface area contributed by atoms with Gasteiger partial charge in [-0.3, -0.25) is 9.59 Å². The lowest BCUT2D eigenvalue weighted by atomic mass is 10.1. The predicted octanol–water partition coefficient (Wildman–Crippen LogP) is 3.39. The molecule has 0 spiro atoms. The zero-order valence-corrected chi connectivity index (χ0v) is 14.6. The number of thiazole rings is 1. The van der Waals surface area contributed by atoms with E-state index in [1.165, 1.54) is 6.07 Å². The number of nitrogens with one attached hydrogen (secondary N) is 2. The Morgan fingerprint density at radius 3 is 2.54 bits per heavy atom. The van der Waals surface area contributed by atoms with Gasteiger partial charge in [0.25, 0.3) is 5.91 Å². The molecule has 2 amide bonds. The van der Waals surface area contributed by atoms with E-state index in [1.807, 2.05) is 30.3 Å². The number of carbonyl (C=O) groups excluding carboxylic acids is 2. The number of amides is 2. The van der Waals surface area contributed by atoms with Gasteiger partial charge in [0.05, 0.1) is 6.42 Å². The highest BCUT2D eigenvalue weighted by atomic mass is 32.1. The SMILES string of the molecule is O=C(Cc1ccccc1)Nc1nc(C(=O)NCc2ccccc2F)cs1. The molecule has 0 radical (unpaired) electrons.